The number of benzene rings is 2. The van der Waals surface area contributed by atoms with Gasteiger partial charge in [0.05, 0.1) is 11.1 Å². The van der Waals surface area contributed by atoms with Crippen LogP contribution in [0.15, 0.2) is 57.7 Å². The molecule has 96 valence electrons. The largest absolute Gasteiger partial charge is 0.388 e. The first-order valence-corrected chi connectivity index (χ1v) is 5.94. The van der Waals surface area contributed by atoms with E-state index in [0.29, 0.717) is 5.52 Å². The SMILES string of the molecule is N#Cc1cccc2nc(Nc3ccccc3)oc(=O)c12. The lowest BCUT2D eigenvalue weighted by molar-refractivity contribution is 0.522. The van der Waals surface area contributed by atoms with Crippen molar-refractivity contribution in [2.75, 3.05) is 5.32 Å². The minimum atomic E-state index is -0.578. The number of para-hydroxylation sites is 1. The fourth-order valence-corrected chi connectivity index (χ4v) is 1.91. The molecule has 1 N–H and O–H groups in total. The summed E-state index contributed by atoms with van der Waals surface area (Å²) in [5.41, 5.74) is 0.873. The van der Waals surface area contributed by atoms with Crippen LogP contribution >= 0.6 is 0 Å². The fourth-order valence-electron chi connectivity index (χ4n) is 1.91. The Hall–Kier alpha value is -3.13. The van der Waals surface area contributed by atoms with Crippen molar-refractivity contribution in [3.63, 3.8) is 0 Å². The van der Waals surface area contributed by atoms with Crippen LogP contribution < -0.4 is 10.9 Å². The predicted molar refractivity (Wildman–Crippen MR) is 74.7 cm³/mol. The maximum Gasteiger partial charge on any atom is 0.349 e. The van der Waals surface area contributed by atoms with Gasteiger partial charge in [0.25, 0.3) is 0 Å². The van der Waals surface area contributed by atoms with Crippen LogP contribution in [0, 0.1) is 11.3 Å². The van der Waals surface area contributed by atoms with Crippen LogP contribution in [0.3, 0.4) is 0 Å². The van der Waals surface area contributed by atoms with Crippen LogP contribution in [-0.2, 0) is 0 Å². The van der Waals surface area contributed by atoms with E-state index in [1.807, 2.05) is 36.4 Å². The molecule has 1 heterocycles. The van der Waals surface area contributed by atoms with E-state index in [1.54, 1.807) is 18.2 Å². The summed E-state index contributed by atoms with van der Waals surface area (Å²) < 4.78 is 5.11. The predicted octanol–water partition coefficient (Wildman–Crippen LogP) is 2.80. The van der Waals surface area contributed by atoms with Gasteiger partial charge in [-0.05, 0) is 24.3 Å². The summed E-state index contributed by atoms with van der Waals surface area (Å²) in [6.45, 7) is 0. The minimum absolute atomic E-state index is 0.101. The normalized spacial score (nSPS) is 10.2. The number of aromatic nitrogens is 1. The van der Waals surface area contributed by atoms with Gasteiger partial charge in [-0.25, -0.2) is 4.79 Å². The Kier molecular flexibility index (Phi) is 2.90. The van der Waals surface area contributed by atoms with Gasteiger partial charge >= 0.3 is 11.6 Å². The van der Waals surface area contributed by atoms with Crippen molar-refractivity contribution in [3.05, 3.63) is 64.5 Å². The van der Waals surface area contributed by atoms with E-state index in [2.05, 4.69) is 10.3 Å². The van der Waals surface area contributed by atoms with E-state index >= 15 is 0 Å². The second-order valence-electron chi connectivity index (χ2n) is 4.11. The summed E-state index contributed by atoms with van der Waals surface area (Å²) in [5, 5.41) is 12.1. The Balaban J connectivity index is 2.12. The van der Waals surface area contributed by atoms with Crippen LogP contribution in [0.4, 0.5) is 11.7 Å². The molecular formula is C15H9N3O2. The molecule has 3 aromatic rings. The van der Waals surface area contributed by atoms with Gasteiger partial charge in [-0.1, -0.05) is 24.3 Å². The Labute approximate surface area is 114 Å². The van der Waals surface area contributed by atoms with Crippen molar-refractivity contribution < 1.29 is 4.42 Å². The molecule has 2 aromatic carbocycles. The van der Waals surface area contributed by atoms with Crippen molar-refractivity contribution in [3.8, 4) is 6.07 Å². The molecule has 0 saturated heterocycles. The number of nitrogens with zero attached hydrogens (tertiary/aromatic N) is 2. The molecule has 0 aliphatic rings. The third-order valence-electron chi connectivity index (χ3n) is 2.80. The highest BCUT2D eigenvalue weighted by Gasteiger charge is 2.10. The Morgan fingerprint density at radius 2 is 1.90 bits per heavy atom. The number of anilines is 2. The third kappa shape index (κ3) is 2.10. The Bertz CT molecular complexity index is 864. The van der Waals surface area contributed by atoms with E-state index < -0.39 is 5.63 Å². The molecule has 0 radical (unpaired) electrons. The van der Waals surface area contributed by atoms with Gasteiger partial charge in [0.2, 0.25) is 0 Å². The van der Waals surface area contributed by atoms with Gasteiger partial charge in [-0.15, -0.1) is 0 Å². The summed E-state index contributed by atoms with van der Waals surface area (Å²) in [4.78, 5) is 16.2. The molecule has 3 rings (SSSR count). The maximum atomic E-state index is 12.0. The van der Waals surface area contributed by atoms with Crippen LogP contribution in [0.2, 0.25) is 0 Å². The van der Waals surface area contributed by atoms with Crippen molar-refractivity contribution in [2.24, 2.45) is 0 Å². The molecule has 0 saturated carbocycles. The van der Waals surface area contributed by atoms with E-state index in [0.717, 1.165) is 5.69 Å². The van der Waals surface area contributed by atoms with Crippen LogP contribution in [0.25, 0.3) is 10.9 Å². The Morgan fingerprint density at radius 1 is 1.10 bits per heavy atom. The summed E-state index contributed by atoms with van der Waals surface area (Å²) in [6.07, 6.45) is 0. The van der Waals surface area contributed by atoms with Crippen molar-refractivity contribution in [1.82, 2.24) is 4.98 Å². The smallest absolute Gasteiger partial charge is 0.349 e. The Morgan fingerprint density at radius 3 is 2.65 bits per heavy atom. The third-order valence-corrected chi connectivity index (χ3v) is 2.80. The molecule has 0 fully saturated rings. The zero-order valence-corrected chi connectivity index (χ0v) is 10.3. The number of nitrogens with one attached hydrogen (secondary N) is 1. The molecule has 0 unspecified atom stereocenters. The topological polar surface area (TPSA) is 78.9 Å². The van der Waals surface area contributed by atoms with Crippen molar-refractivity contribution in [1.29, 1.82) is 5.26 Å². The molecule has 1 aromatic heterocycles. The highest BCUT2D eigenvalue weighted by atomic mass is 16.4. The number of rotatable bonds is 2. The quantitative estimate of drug-likeness (QED) is 0.769. The van der Waals surface area contributed by atoms with Gasteiger partial charge in [0, 0.05) is 5.69 Å². The van der Waals surface area contributed by atoms with Crippen LogP contribution in [0.1, 0.15) is 5.56 Å². The summed E-state index contributed by atoms with van der Waals surface area (Å²) in [5.74, 6) is 0. The van der Waals surface area contributed by atoms with Gasteiger partial charge in [-0.2, -0.15) is 10.2 Å². The lowest BCUT2D eigenvalue weighted by atomic mass is 10.1. The van der Waals surface area contributed by atoms with Gasteiger partial charge in [0.15, 0.2) is 0 Å². The maximum absolute atomic E-state index is 12.0. The monoisotopic (exact) mass is 263 g/mol. The fraction of sp³-hybridized carbons (Fsp3) is 0. The molecular weight excluding hydrogens is 254 g/mol. The average Bonchev–Trinajstić information content (AvgIpc) is 2.47. The van der Waals surface area contributed by atoms with Crippen molar-refractivity contribution in [2.45, 2.75) is 0 Å². The standard InChI is InChI=1S/C15H9N3O2/c16-9-10-5-4-8-12-13(10)14(19)20-15(18-12)17-11-6-2-1-3-7-11/h1-8H,(H,17,18). The number of hydrogen-bond donors (Lipinski definition) is 1. The van der Waals surface area contributed by atoms with Crippen LogP contribution in [-0.4, -0.2) is 4.98 Å². The molecule has 0 aliphatic carbocycles. The van der Waals surface area contributed by atoms with E-state index in [1.165, 1.54) is 0 Å². The minimum Gasteiger partial charge on any atom is -0.388 e. The number of hydrogen-bond acceptors (Lipinski definition) is 5. The molecule has 0 spiro atoms. The molecule has 5 nitrogen and oxygen atoms in total. The summed E-state index contributed by atoms with van der Waals surface area (Å²) >= 11 is 0. The van der Waals surface area contributed by atoms with Crippen LogP contribution in [0.5, 0.6) is 0 Å². The second-order valence-corrected chi connectivity index (χ2v) is 4.11. The number of fused-ring (bicyclic) bond motifs is 1. The second kappa shape index (κ2) is 4.86. The van der Waals surface area contributed by atoms with Gasteiger partial charge in [-0.3, -0.25) is 0 Å². The van der Waals surface area contributed by atoms with E-state index in [4.69, 9.17) is 9.68 Å². The lowest BCUT2D eigenvalue weighted by Crippen LogP contribution is -2.06. The number of nitriles is 1. The summed E-state index contributed by atoms with van der Waals surface area (Å²) in [6, 6.07) is 16.2. The zero-order chi connectivity index (χ0) is 13.9. The lowest BCUT2D eigenvalue weighted by Gasteiger charge is -2.04. The van der Waals surface area contributed by atoms with Crippen molar-refractivity contribution >= 4 is 22.6 Å². The average molecular weight is 263 g/mol. The first-order valence-electron chi connectivity index (χ1n) is 5.94. The van der Waals surface area contributed by atoms with Gasteiger partial charge < -0.3 is 9.73 Å². The van der Waals surface area contributed by atoms with E-state index in [9.17, 15) is 4.79 Å². The molecule has 5 heteroatoms. The molecule has 20 heavy (non-hydrogen) atoms. The van der Waals surface area contributed by atoms with Gasteiger partial charge in [0.1, 0.15) is 11.5 Å². The molecule has 0 bridgehead atoms. The molecule has 0 aliphatic heterocycles. The highest BCUT2D eigenvalue weighted by molar-refractivity contribution is 5.84. The molecule has 0 amide bonds. The molecule has 0 atom stereocenters. The first-order chi connectivity index (χ1) is 9.78. The highest BCUT2D eigenvalue weighted by Crippen LogP contribution is 2.17. The van der Waals surface area contributed by atoms with E-state index in [-0.39, 0.29) is 17.0 Å². The summed E-state index contributed by atoms with van der Waals surface area (Å²) in [7, 11) is 0. The zero-order valence-electron chi connectivity index (χ0n) is 10.3. The first kappa shape index (κ1) is 11.9.